The number of aliphatic imine (C=N–C) groups is 1. The smallest absolute Gasteiger partial charge is 0.191 e. The highest BCUT2D eigenvalue weighted by molar-refractivity contribution is 7.90. The van der Waals surface area contributed by atoms with Gasteiger partial charge in [-0.05, 0) is 31.5 Å². The summed E-state index contributed by atoms with van der Waals surface area (Å²) in [6.45, 7) is 5.73. The Morgan fingerprint density at radius 2 is 1.96 bits per heavy atom. The quantitative estimate of drug-likeness (QED) is 0.368. The molecular weight excluding hydrogens is 378 g/mol. The Labute approximate surface area is 166 Å². The molecule has 0 amide bonds. The van der Waals surface area contributed by atoms with Gasteiger partial charge in [-0.1, -0.05) is 18.2 Å². The van der Waals surface area contributed by atoms with Crippen molar-refractivity contribution in [2.24, 2.45) is 4.99 Å². The second kappa shape index (κ2) is 10.2. The highest BCUT2D eigenvalue weighted by Crippen LogP contribution is 2.16. The minimum Gasteiger partial charge on any atom is -0.379 e. The predicted octanol–water partition coefficient (Wildman–Crippen LogP) is 1.22. The fourth-order valence-corrected chi connectivity index (χ4v) is 3.11. The molecule has 154 valence electrons. The normalized spacial score (nSPS) is 12.2. The molecule has 2 rings (SSSR count). The van der Waals surface area contributed by atoms with E-state index in [1.54, 1.807) is 7.05 Å². The highest BCUT2D eigenvalue weighted by atomic mass is 32.2. The van der Waals surface area contributed by atoms with Crippen LogP contribution in [-0.2, 0) is 21.1 Å². The van der Waals surface area contributed by atoms with Crippen molar-refractivity contribution in [3.63, 3.8) is 0 Å². The Kier molecular flexibility index (Phi) is 8.01. The summed E-state index contributed by atoms with van der Waals surface area (Å²) >= 11 is 0. The Hall–Kier alpha value is -2.39. The molecule has 1 heterocycles. The van der Waals surface area contributed by atoms with Gasteiger partial charge in [0.2, 0.25) is 0 Å². The molecule has 0 aliphatic rings. The van der Waals surface area contributed by atoms with E-state index < -0.39 is 9.84 Å². The maximum absolute atomic E-state index is 11.1. The van der Waals surface area contributed by atoms with Gasteiger partial charge in [0.05, 0.1) is 30.3 Å². The van der Waals surface area contributed by atoms with Crippen molar-refractivity contribution in [3.05, 3.63) is 47.3 Å². The molecule has 0 aliphatic carbocycles. The van der Waals surface area contributed by atoms with Crippen molar-refractivity contribution < 1.29 is 13.2 Å². The Morgan fingerprint density at radius 3 is 2.61 bits per heavy atom. The minimum atomic E-state index is -2.99. The fraction of sp³-hybridized carbons (Fsp3) is 0.474. The molecule has 0 radical (unpaired) electrons. The van der Waals surface area contributed by atoms with E-state index in [0.29, 0.717) is 25.7 Å². The van der Waals surface area contributed by atoms with Crippen LogP contribution in [0, 0.1) is 13.8 Å². The Bertz CT molecular complexity index is 906. The van der Waals surface area contributed by atoms with E-state index in [1.807, 2.05) is 36.7 Å². The van der Waals surface area contributed by atoms with Crippen molar-refractivity contribution in [1.29, 1.82) is 0 Å². The van der Waals surface area contributed by atoms with Gasteiger partial charge >= 0.3 is 0 Å². The molecule has 0 bridgehead atoms. The first kappa shape index (κ1) is 21.9. The van der Waals surface area contributed by atoms with Crippen LogP contribution in [0.25, 0.3) is 5.69 Å². The van der Waals surface area contributed by atoms with Crippen molar-refractivity contribution in [2.45, 2.75) is 20.4 Å². The first-order valence-corrected chi connectivity index (χ1v) is 11.2. The molecule has 0 fully saturated rings. The molecule has 0 saturated heterocycles. The van der Waals surface area contributed by atoms with E-state index in [2.05, 4.69) is 32.9 Å². The lowest BCUT2D eigenvalue weighted by Crippen LogP contribution is -2.38. The number of sulfone groups is 1. The summed E-state index contributed by atoms with van der Waals surface area (Å²) < 4.78 is 29.4. The van der Waals surface area contributed by atoms with Crippen molar-refractivity contribution >= 4 is 15.8 Å². The number of guanidine groups is 1. The zero-order valence-electron chi connectivity index (χ0n) is 16.9. The largest absolute Gasteiger partial charge is 0.379 e. The predicted molar refractivity (Wildman–Crippen MR) is 112 cm³/mol. The molecule has 0 aliphatic heterocycles. The van der Waals surface area contributed by atoms with Crippen LogP contribution >= 0.6 is 0 Å². The lowest BCUT2D eigenvalue weighted by molar-refractivity contribution is 0.154. The number of aromatic nitrogens is 2. The number of hydrogen-bond donors (Lipinski definition) is 2. The molecule has 0 saturated carbocycles. The molecule has 2 N–H and O–H groups in total. The molecule has 9 heteroatoms. The second-order valence-electron chi connectivity index (χ2n) is 6.56. The maximum atomic E-state index is 11.1. The summed E-state index contributed by atoms with van der Waals surface area (Å²) in [7, 11) is -1.29. The lowest BCUT2D eigenvalue weighted by atomic mass is 10.1. The van der Waals surface area contributed by atoms with Gasteiger partial charge in [0.1, 0.15) is 9.84 Å². The zero-order valence-corrected chi connectivity index (χ0v) is 17.7. The Morgan fingerprint density at radius 1 is 1.21 bits per heavy atom. The molecule has 0 spiro atoms. The average molecular weight is 408 g/mol. The van der Waals surface area contributed by atoms with Gasteiger partial charge in [-0.15, -0.1) is 0 Å². The van der Waals surface area contributed by atoms with Gasteiger partial charge in [0.25, 0.3) is 0 Å². The van der Waals surface area contributed by atoms with Crippen LogP contribution in [0.15, 0.2) is 35.3 Å². The van der Waals surface area contributed by atoms with Crippen LogP contribution in [-0.4, -0.2) is 63.0 Å². The van der Waals surface area contributed by atoms with E-state index >= 15 is 0 Å². The molecule has 2 aromatic rings. The van der Waals surface area contributed by atoms with Crippen molar-refractivity contribution in [1.82, 2.24) is 20.4 Å². The SMILES string of the molecule is CN=C(NCCOCCS(C)(=O)=O)NCc1ccccc1-n1nc(C)cc1C. The standard InChI is InChI=1S/C19H29N5O3S/c1-15-13-16(2)24(23-15)18-8-6-5-7-17(18)14-22-19(20-3)21-9-10-27-11-12-28(4,25)26/h5-8,13H,9-12,14H2,1-4H3,(H2,20,21,22). The van der Waals surface area contributed by atoms with Crippen LogP contribution < -0.4 is 10.6 Å². The lowest BCUT2D eigenvalue weighted by Gasteiger charge is -2.15. The summed E-state index contributed by atoms with van der Waals surface area (Å²) in [4.78, 5) is 4.20. The number of nitrogens with zero attached hydrogens (tertiary/aromatic N) is 3. The van der Waals surface area contributed by atoms with Crippen LogP contribution in [0.5, 0.6) is 0 Å². The first-order chi connectivity index (χ1) is 13.3. The number of hydrogen-bond acceptors (Lipinski definition) is 5. The highest BCUT2D eigenvalue weighted by Gasteiger charge is 2.09. The van der Waals surface area contributed by atoms with E-state index in [9.17, 15) is 8.42 Å². The third-order valence-corrected chi connectivity index (χ3v) is 4.94. The van der Waals surface area contributed by atoms with Crippen molar-refractivity contribution in [2.75, 3.05) is 38.8 Å². The van der Waals surface area contributed by atoms with Gasteiger partial charge in [-0.2, -0.15) is 5.10 Å². The topological polar surface area (TPSA) is 97.6 Å². The number of benzene rings is 1. The zero-order chi connectivity index (χ0) is 20.6. The van der Waals surface area contributed by atoms with E-state index in [-0.39, 0.29) is 12.4 Å². The van der Waals surface area contributed by atoms with E-state index in [1.165, 1.54) is 6.26 Å². The molecule has 1 aromatic heterocycles. The first-order valence-electron chi connectivity index (χ1n) is 9.11. The monoisotopic (exact) mass is 407 g/mol. The molecule has 1 aromatic carbocycles. The fourth-order valence-electron chi connectivity index (χ4n) is 2.69. The molecule has 28 heavy (non-hydrogen) atoms. The molecule has 0 atom stereocenters. The van der Waals surface area contributed by atoms with E-state index in [0.717, 1.165) is 22.6 Å². The number of aryl methyl sites for hydroxylation is 2. The Balaban J connectivity index is 1.86. The summed E-state index contributed by atoms with van der Waals surface area (Å²) in [5.74, 6) is 0.679. The van der Waals surface area contributed by atoms with Gasteiger partial charge in [0, 0.05) is 32.1 Å². The van der Waals surface area contributed by atoms with E-state index in [4.69, 9.17) is 4.74 Å². The van der Waals surface area contributed by atoms with Crippen LogP contribution in [0.2, 0.25) is 0 Å². The maximum Gasteiger partial charge on any atom is 0.191 e. The molecular formula is C19H29N5O3S. The van der Waals surface area contributed by atoms with Gasteiger partial charge in [0.15, 0.2) is 5.96 Å². The van der Waals surface area contributed by atoms with Gasteiger partial charge in [-0.3, -0.25) is 4.99 Å². The van der Waals surface area contributed by atoms with Crippen molar-refractivity contribution in [3.8, 4) is 5.69 Å². The van der Waals surface area contributed by atoms with Crippen LogP contribution in [0.3, 0.4) is 0 Å². The minimum absolute atomic E-state index is 0.0308. The summed E-state index contributed by atoms with van der Waals surface area (Å²) in [5, 5.41) is 11.0. The molecule has 0 unspecified atom stereocenters. The third kappa shape index (κ3) is 6.97. The summed E-state index contributed by atoms with van der Waals surface area (Å²) in [6.07, 6.45) is 1.20. The van der Waals surface area contributed by atoms with Crippen LogP contribution in [0.1, 0.15) is 17.0 Å². The molecule has 8 nitrogen and oxygen atoms in total. The van der Waals surface area contributed by atoms with Gasteiger partial charge in [-0.25, -0.2) is 13.1 Å². The number of rotatable bonds is 9. The number of nitrogens with one attached hydrogen (secondary N) is 2. The number of para-hydroxylation sites is 1. The van der Waals surface area contributed by atoms with Gasteiger partial charge < -0.3 is 15.4 Å². The third-order valence-electron chi connectivity index (χ3n) is 4.04. The average Bonchev–Trinajstić information content (AvgIpc) is 2.98. The van der Waals surface area contributed by atoms with Crippen LogP contribution in [0.4, 0.5) is 0 Å². The second-order valence-corrected chi connectivity index (χ2v) is 8.82. The summed E-state index contributed by atoms with van der Waals surface area (Å²) in [5.41, 5.74) is 4.19. The number of ether oxygens (including phenoxy) is 1. The summed E-state index contributed by atoms with van der Waals surface area (Å²) in [6, 6.07) is 10.1.